The molecule has 2 aromatic carbocycles. The molecule has 1 N–H and O–H groups in total. The molecule has 2 aromatic rings. The maximum Gasteiger partial charge on any atom is 0.255 e. The van der Waals surface area contributed by atoms with Crippen LogP contribution in [0.3, 0.4) is 0 Å². The van der Waals surface area contributed by atoms with Crippen LogP contribution in [0, 0.1) is 11.6 Å². The van der Waals surface area contributed by atoms with Crippen LogP contribution < -0.4 is 5.32 Å². The molecule has 1 amide bonds. The molecular weight excluding hydrogens is 296 g/mol. The Hall–Kier alpha value is -1.94. The molecule has 0 unspecified atom stereocenters. The van der Waals surface area contributed by atoms with Crippen molar-refractivity contribution >= 4 is 23.2 Å². The highest BCUT2D eigenvalue weighted by atomic mass is 35.5. The summed E-state index contributed by atoms with van der Waals surface area (Å²) in [7, 11) is 0. The van der Waals surface area contributed by atoms with Gasteiger partial charge in [-0.2, -0.15) is 0 Å². The van der Waals surface area contributed by atoms with Gasteiger partial charge in [0.15, 0.2) is 0 Å². The van der Waals surface area contributed by atoms with Crippen molar-refractivity contribution in [3.05, 3.63) is 65.2 Å². The summed E-state index contributed by atoms with van der Waals surface area (Å²) in [5.41, 5.74) is 1.56. The molecule has 0 aliphatic carbocycles. The van der Waals surface area contributed by atoms with Gasteiger partial charge in [-0.1, -0.05) is 12.1 Å². The lowest BCUT2D eigenvalue weighted by molar-refractivity contribution is 0.102. The molecule has 0 aliphatic heterocycles. The third-order valence-electron chi connectivity index (χ3n) is 2.91. The van der Waals surface area contributed by atoms with E-state index >= 15 is 0 Å². The third-order valence-corrected chi connectivity index (χ3v) is 3.18. The molecule has 0 fully saturated rings. The van der Waals surface area contributed by atoms with Crippen LogP contribution in [-0.2, 0) is 6.42 Å². The fourth-order valence-corrected chi connectivity index (χ4v) is 2.10. The number of aryl methyl sites for hydroxylation is 1. The van der Waals surface area contributed by atoms with Gasteiger partial charge in [-0.3, -0.25) is 4.79 Å². The summed E-state index contributed by atoms with van der Waals surface area (Å²) >= 11 is 5.64. The van der Waals surface area contributed by atoms with Gasteiger partial charge in [0.25, 0.3) is 5.91 Å². The summed E-state index contributed by atoms with van der Waals surface area (Å²) in [5, 5.41) is 2.62. The highest BCUT2D eigenvalue weighted by Gasteiger charge is 2.09. The quantitative estimate of drug-likeness (QED) is 0.816. The molecule has 2 nitrogen and oxygen atoms in total. The molecule has 0 radical (unpaired) electrons. The molecule has 0 heterocycles. The summed E-state index contributed by atoms with van der Waals surface area (Å²) < 4.78 is 26.2. The van der Waals surface area contributed by atoms with Crippen LogP contribution in [0.4, 0.5) is 14.5 Å². The number of hydrogen-bond donors (Lipinski definition) is 1. The minimum absolute atomic E-state index is 0.0568. The number of rotatable bonds is 5. The summed E-state index contributed by atoms with van der Waals surface area (Å²) in [4.78, 5) is 12.0. The fourth-order valence-electron chi connectivity index (χ4n) is 1.96. The van der Waals surface area contributed by atoms with E-state index in [0.29, 0.717) is 11.6 Å². The first-order valence-corrected chi connectivity index (χ1v) is 7.04. The number of nitrogens with one attached hydrogen (secondary N) is 1. The fraction of sp³-hybridized carbons (Fsp3) is 0.188. The Morgan fingerprint density at radius 3 is 2.48 bits per heavy atom. The van der Waals surface area contributed by atoms with E-state index in [1.165, 1.54) is 0 Å². The van der Waals surface area contributed by atoms with Crippen molar-refractivity contribution in [3.63, 3.8) is 0 Å². The highest BCUT2D eigenvalue weighted by Crippen LogP contribution is 2.15. The van der Waals surface area contributed by atoms with Crippen molar-refractivity contribution in [1.29, 1.82) is 0 Å². The molecule has 0 atom stereocenters. The van der Waals surface area contributed by atoms with Crippen LogP contribution in [0.5, 0.6) is 0 Å². The van der Waals surface area contributed by atoms with Crippen LogP contribution in [-0.4, -0.2) is 11.8 Å². The van der Waals surface area contributed by atoms with E-state index in [0.717, 1.165) is 36.6 Å². The maximum absolute atomic E-state index is 13.1. The van der Waals surface area contributed by atoms with Gasteiger partial charge in [-0.05, 0) is 42.7 Å². The van der Waals surface area contributed by atoms with Gasteiger partial charge >= 0.3 is 0 Å². The lowest BCUT2D eigenvalue weighted by Crippen LogP contribution is -2.12. The zero-order valence-electron chi connectivity index (χ0n) is 11.2. The molecule has 0 spiro atoms. The van der Waals surface area contributed by atoms with Gasteiger partial charge in [0.2, 0.25) is 0 Å². The number of benzene rings is 2. The smallest absolute Gasteiger partial charge is 0.255 e. The van der Waals surface area contributed by atoms with Crippen LogP contribution in [0.25, 0.3) is 0 Å². The van der Waals surface area contributed by atoms with Crippen molar-refractivity contribution < 1.29 is 13.6 Å². The second kappa shape index (κ2) is 7.18. The van der Waals surface area contributed by atoms with Gasteiger partial charge in [0.1, 0.15) is 11.6 Å². The molecule has 2 rings (SSSR count). The van der Waals surface area contributed by atoms with E-state index in [2.05, 4.69) is 5.32 Å². The van der Waals surface area contributed by atoms with Crippen LogP contribution in [0.15, 0.2) is 42.5 Å². The van der Waals surface area contributed by atoms with E-state index in [9.17, 15) is 13.6 Å². The molecule has 21 heavy (non-hydrogen) atoms. The number of amides is 1. The van der Waals surface area contributed by atoms with Gasteiger partial charge < -0.3 is 5.32 Å². The largest absolute Gasteiger partial charge is 0.322 e. The van der Waals surface area contributed by atoms with E-state index in [1.54, 1.807) is 6.07 Å². The number of alkyl halides is 1. The second-order valence-electron chi connectivity index (χ2n) is 4.61. The van der Waals surface area contributed by atoms with E-state index in [1.807, 2.05) is 18.2 Å². The first-order chi connectivity index (χ1) is 10.1. The summed E-state index contributed by atoms with van der Waals surface area (Å²) in [5.74, 6) is -1.55. The van der Waals surface area contributed by atoms with Crippen LogP contribution in [0.2, 0.25) is 0 Å². The lowest BCUT2D eigenvalue weighted by atomic mass is 10.1. The SMILES string of the molecule is O=C(Nc1cccc(CCCCl)c1)c1cc(F)cc(F)c1. The van der Waals surface area contributed by atoms with Gasteiger partial charge in [0, 0.05) is 23.2 Å². The van der Waals surface area contributed by atoms with E-state index in [4.69, 9.17) is 11.6 Å². The Morgan fingerprint density at radius 1 is 1.10 bits per heavy atom. The summed E-state index contributed by atoms with van der Waals surface area (Å²) in [6, 6.07) is 10.0. The Labute approximate surface area is 126 Å². The zero-order chi connectivity index (χ0) is 15.2. The Kier molecular flexibility index (Phi) is 5.28. The van der Waals surface area contributed by atoms with Crippen molar-refractivity contribution in [2.75, 3.05) is 11.2 Å². The number of anilines is 1. The highest BCUT2D eigenvalue weighted by molar-refractivity contribution is 6.17. The Morgan fingerprint density at radius 2 is 1.81 bits per heavy atom. The van der Waals surface area contributed by atoms with Crippen molar-refractivity contribution in [3.8, 4) is 0 Å². The monoisotopic (exact) mass is 309 g/mol. The third kappa shape index (κ3) is 4.53. The minimum atomic E-state index is -0.781. The lowest BCUT2D eigenvalue weighted by Gasteiger charge is -2.07. The maximum atomic E-state index is 13.1. The predicted octanol–water partition coefficient (Wildman–Crippen LogP) is 4.39. The second-order valence-corrected chi connectivity index (χ2v) is 4.98. The molecule has 5 heteroatoms. The van der Waals surface area contributed by atoms with Crippen molar-refractivity contribution in [2.24, 2.45) is 0 Å². The molecule has 0 aromatic heterocycles. The molecule has 0 bridgehead atoms. The first kappa shape index (κ1) is 15.4. The minimum Gasteiger partial charge on any atom is -0.322 e. The summed E-state index contributed by atoms with van der Waals surface area (Å²) in [6.45, 7) is 0. The number of carbonyl (C=O) groups is 1. The molecular formula is C16H14ClF2NO. The number of carbonyl (C=O) groups excluding carboxylic acids is 1. The molecule has 0 saturated heterocycles. The van der Waals surface area contributed by atoms with Crippen LogP contribution >= 0.6 is 11.6 Å². The average Bonchev–Trinajstić information content (AvgIpc) is 2.44. The standard InChI is InChI=1S/C16H14ClF2NO/c17-6-2-4-11-3-1-5-15(7-11)20-16(21)12-8-13(18)10-14(19)9-12/h1,3,5,7-10H,2,4,6H2,(H,20,21). The van der Waals surface area contributed by atoms with Crippen molar-refractivity contribution in [1.82, 2.24) is 0 Å². The zero-order valence-corrected chi connectivity index (χ0v) is 12.0. The molecule has 0 aliphatic rings. The number of halogens is 3. The topological polar surface area (TPSA) is 29.1 Å². The van der Waals surface area contributed by atoms with Crippen molar-refractivity contribution in [2.45, 2.75) is 12.8 Å². The average molecular weight is 310 g/mol. The Balaban J connectivity index is 2.11. The van der Waals surface area contributed by atoms with E-state index in [-0.39, 0.29) is 5.56 Å². The summed E-state index contributed by atoms with van der Waals surface area (Å²) in [6.07, 6.45) is 1.65. The normalized spacial score (nSPS) is 10.4. The number of hydrogen-bond acceptors (Lipinski definition) is 1. The first-order valence-electron chi connectivity index (χ1n) is 6.51. The predicted molar refractivity (Wildman–Crippen MR) is 79.8 cm³/mol. The van der Waals surface area contributed by atoms with E-state index < -0.39 is 17.5 Å². The van der Waals surface area contributed by atoms with Gasteiger partial charge in [-0.25, -0.2) is 8.78 Å². The molecule has 110 valence electrons. The van der Waals surface area contributed by atoms with Crippen LogP contribution in [0.1, 0.15) is 22.3 Å². The molecule has 0 saturated carbocycles. The Bertz CT molecular complexity index is 626. The van der Waals surface area contributed by atoms with Gasteiger partial charge in [-0.15, -0.1) is 11.6 Å². The van der Waals surface area contributed by atoms with Gasteiger partial charge in [0.05, 0.1) is 0 Å².